The summed E-state index contributed by atoms with van der Waals surface area (Å²) in [6, 6.07) is 3.80. The number of phenolic OH excluding ortho intramolecular Hbond substituents is 2. The molecule has 7 N–H and O–H groups in total. The number of hydrogen-bond donors (Lipinski definition) is 7. The molecule has 1 aliphatic rings. The van der Waals surface area contributed by atoms with Gasteiger partial charge in [0, 0.05) is 6.42 Å². The Labute approximate surface area is 157 Å². The van der Waals surface area contributed by atoms with Gasteiger partial charge in [0.1, 0.15) is 6.10 Å². The number of phosphoric ester groups is 1. The van der Waals surface area contributed by atoms with Gasteiger partial charge in [-0.2, -0.15) is 8.62 Å². The minimum absolute atomic E-state index is 0.00532. The Balaban J connectivity index is 1.96. The van der Waals surface area contributed by atoms with Gasteiger partial charge in [0.05, 0.1) is 18.8 Å². The average Bonchev–Trinajstić information content (AvgIpc) is 2.85. The van der Waals surface area contributed by atoms with Crippen molar-refractivity contribution in [3.63, 3.8) is 0 Å². The summed E-state index contributed by atoms with van der Waals surface area (Å²) >= 11 is 0. The number of aliphatic hydroxyl groups excluding tert-OH is 1. The van der Waals surface area contributed by atoms with Gasteiger partial charge < -0.3 is 39.6 Å². The van der Waals surface area contributed by atoms with E-state index in [-0.39, 0.29) is 12.2 Å². The molecule has 2 rings (SSSR count). The van der Waals surface area contributed by atoms with Crippen LogP contribution in [-0.2, 0) is 31.6 Å². The van der Waals surface area contributed by atoms with Crippen molar-refractivity contribution < 1.29 is 66.5 Å². The van der Waals surface area contributed by atoms with Crippen LogP contribution < -0.4 is 0 Å². The van der Waals surface area contributed by atoms with E-state index in [1.807, 2.05) is 0 Å². The Hall–Kier alpha value is -0.850. The minimum atomic E-state index is -5.64. The van der Waals surface area contributed by atoms with E-state index in [1.54, 1.807) is 0 Å². The molecule has 17 heteroatoms. The van der Waals surface area contributed by atoms with Crippen molar-refractivity contribution in [2.75, 3.05) is 6.61 Å². The number of benzene rings is 1. The second-order valence-corrected chi connectivity index (χ2v) is 10.0. The van der Waals surface area contributed by atoms with E-state index < -0.39 is 54.1 Å². The van der Waals surface area contributed by atoms with Crippen molar-refractivity contribution in [3.05, 3.63) is 23.8 Å². The van der Waals surface area contributed by atoms with Crippen molar-refractivity contribution in [2.24, 2.45) is 0 Å². The second-order valence-electron chi connectivity index (χ2n) is 5.60. The zero-order valence-corrected chi connectivity index (χ0v) is 16.4. The van der Waals surface area contributed by atoms with Gasteiger partial charge in [-0.25, -0.2) is 13.7 Å². The molecule has 1 aromatic carbocycles. The molecule has 1 aromatic rings. The first-order valence-corrected chi connectivity index (χ1v) is 11.8. The van der Waals surface area contributed by atoms with Crippen LogP contribution >= 0.6 is 23.5 Å². The maximum Gasteiger partial charge on any atom is 0.490 e. The summed E-state index contributed by atoms with van der Waals surface area (Å²) < 4.78 is 50.4. The quantitative estimate of drug-likeness (QED) is 0.206. The zero-order valence-electron chi connectivity index (χ0n) is 13.7. The van der Waals surface area contributed by atoms with Gasteiger partial charge in [0.15, 0.2) is 11.5 Å². The van der Waals surface area contributed by atoms with Crippen LogP contribution in [0.25, 0.3) is 0 Å². The Kier molecular flexibility index (Phi) is 7.10. The Morgan fingerprint density at radius 2 is 1.64 bits per heavy atom. The van der Waals surface area contributed by atoms with E-state index in [0.717, 1.165) is 0 Å². The van der Waals surface area contributed by atoms with Crippen molar-refractivity contribution in [1.82, 2.24) is 0 Å². The SMILES string of the molecule is O=P(O)(O)OP(=O)(O)OP(=O)(O)OC[C@H]1O[C@@H](c2ccc(O)c(O)c2)C[C@@H]1O. The lowest BCUT2D eigenvalue weighted by Crippen LogP contribution is -2.26. The number of aliphatic hydroxyl groups is 1. The number of rotatable bonds is 8. The van der Waals surface area contributed by atoms with Crippen molar-refractivity contribution in [2.45, 2.75) is 24.7 Å². The third kappa shape index (κ3) is 6.89. The fourth-order valence-electron chi connectivity index (χ4n) is 2.31. The van der Waals surface area contributed by atoms with E-state index in [0.29, 0.717) is 5.56 Å². The van der Waals surface area contributed by atoms with Crippen molar-refractivity contribution >= 4 is 23.5 Å². The molecule has 5 atom stereocenters. The molecule has 0 saturated carbocycles. The van der Waals surface area contributed by atoms with Crippen LogP contribution in [0.15, 0.2) is 18.2 Å². The lowest BCUT2D eigenvalue weighted by atomic mass is 10.0. The highest BCUT2D eigenvalue weighted by atomic mass is 31.3. The third-order valence-corrected chi connectivity index (χ3v) is 7.22. The van der Waals surface area contributed by atoms with Crippen LogP contribution in [0.3, 0.4) is 0 Å². The van der Waals surface area contributed by atoms with E-state index in [9.17, 15) is 33.9 Å². The highest BCUT2D eigenvalue weighted by Gasteiger charge is 2.42. The zero-order chi connectivity index (χ0) is 21.3. The molecular formula is C11H17O14P3. The first-order valence-electron chi connectivity index (χ1n) is 7.31. The highest BCUT2D eigenvalue weighted by molar-refractivity contribution is 7.66. The summed E-state index contributed by atoms with van der Waals surface area (Å²) in [4.78, 5) is 35.3. The predicted molar refractivity (Wildman–Crippen MR) is 87.8 cm³/mol. The number of hydrogen-bond acceptors (Lipinski definition) is 10. The molecule has 14 nitrogen and oxygen atoms in total. The number of aromatic hydroxyl groups is 2. The Morgan fingerprint density at radius 3 is 2.21 bits per heavy atom. The molecule has 0 aromatic heterocycles. The van der Waals surface area contributed by atoms with E-state index in [4.69, 9.17) is 19.4 Å². The molecule has 0 spiro atoms. The molecule has 1 saturated heterocycles. The van der Waals surface area contributed by atoms with Crippen LogP contribution in [-0.4, -0.2) is 53.7 Å². The van der Waals surface area contributed by atoms with Gasteiger partial charge >= 0.3 is 23.5 Å². The van der Waals surface area contributed by atoms with Gasteiger partial charge in [0.2, 0.25) is 0 Å². The first kappa shape index (κ1) is 23.4. The van der Waals surface area contributed by atoms with Crippen LogP contribution in [0, 0.1) is 0 Å². The standard InChI is InChI=1S/C11H17O14P3/c12-7-2-1-6(3-8(7)13)10-4-9(14)11(23-10)5-22-27(18,19)25-28(20,21)24-26(15,16)17/h1-3,9-14H,4-5H2,(H,18,19)(H,20,21)(H2,15,16,17)/t9-,10+,11+/m0/s1. The fourth-order valence-corrected chi connectivity index (χ4v) is 5.33. The summed E-state index contributed by atoms with van der Waals surface area (Å²) in [5.41, 5.74) is 0.384. The van der Waals surface area contributed by atoms with Gasteiger partial charge in [0.25, 0.3) is 0 Å². The van der Waals surface area contributed by atoms with Crippen LogP contribution in [0.4, 0.5) is 0 Å². The maximum absolute atomic E-state index is 11.7. The van der Waals surface area contributed by atoms with Crippen LogP contribution in [0.1, 0.15) is 18.1 Å². The molecule has 1 heterocycles. The number of phenols is 2. The Morgan fingerprint density at radius 1 is 1.00 bits per heavy atom. The van der Waals surface area contributed by atoms with Gasteiger partial charge in [-0.3, -0.25) is 4.52 Å². The molecule has 0 bridgehead atoms. The third-order valence-electron chi connectivity index (χ3n) is 3.41. The van der Waals surface area contributed by atoms with Gasteiger partial charge in [-0.15, -0.1) is 0 Å². The molecule has 160 valence electrons. The van der Waals surface area contributed by atoms with E-state index in [2.05, 4.69) is 13.1 Å². The summed E-state index contributed by atoms with van der Waals surface area (Å²) in [5.74, 6) is -0.793. The van der Waals surface area contributed by atoms with Crippen LogP contribution in [0.2, 0.25) is 0 Å². The monoisotopic (exact) mass is 466 g/mol. The molecule has 0 radical (unpaired) electrons. The molecule has 1 aliphatic heterocycles. The summed E-state index contributed by atoms with van der Waals surface area (Å²) in [6.07, 6.45) is -3.16. The molecule has 1 fully saturated rings. The predicted octanol–water partition coefficient (Wildman–Crippen LogP) is 0.632. The summed E-state index contributed by atoms with van der Waals surface area (Å²) in [6.45, 7) is -0.800. The van der Waals surface area contributed by atoms with Crippen molar-refractivity contribution in [3.8, 4) is 11.5 Å². The maximum atomic E-state index is 11.7. The van der Waals surface area contributed by atoms with Gasteiger partial charge in [-0.1, -0.05) is 6.07 Å². The molecular weight excluding hydrogens is 449 g/mol. The summed E-state index contributed by atoms with van der Waals surface area (Å²) in [5, 5.41) is 28.8. The molecule has 0 aliphatic carbocycles. The topological polar surface area (TPSA) is 230 Å². The molecule has 28 heavy (non-hydrogen) atoms. The van der Waals surface area contributed by atoms with Gasteiger partial charge in [-0.05, 0) is 17.7 Å². The lowest BCUT2D eigenvalue weighted by molar-refractivity contribution is -0.0221. The van der Waals surface area contributed by atoms with Crippen molar-refractivity contribution in [1.29, 1.82) is 0 Å². The first-order chi connectivity index (χ1) is 12.7. The number of ether oxygens (including phenoxy) is 1. The van der Waals surface area contributed by atoms with E-state index in [1.165, 1.54) is 18.2 Å². The normalized spacial score (nSPS) is 27.2. The molecule has 2 unspecified atom stereocenters. The second kappa shape index (κ2) is 8.49. The Bertz CT molecular complexity index is 851. The average molecular weight is 466 g/mol. The minimum Gasteiger partial charge on any atom is -0.504 e. The lowest BCUT2D eigenvalue weighted by Gasteiger charge is -2.19. The highest BCUT2D eigenvalue weighted by Crippen LogP contribution is 2.66. The fraction of sp³-hybridized carbons (Fsp3) is 0.455. The van der Waals surface area contributed by atoms with E-state index >= 15 is 0 Å². The van der Waals surface area contributed by atoms with Crippen LogP contribution in [0.5, 0.6) is 11.5 Å². The number of phosphoric acid groups is 3. The molecule has 0 amide bonds. The smallest absolute Gasteiger partial charge is 0.490 e. The summed E-state index contributed by atoms with van der Waals surface area (Å²) in [7, 11) is -16.5. The largest absolute Gasteiger partial charge is 0.504 e.